The van der Waals surface area contributed by atoms with Gasteiger partial charge in [0.2, 0.25) is 10.0 Å². The van der Waals surface area contributed by atoms with Gasteiger partial charge >= 0.3 is 0 Å². The molecule has 0 saturated heterocycles. The molecule has 0 bridgehead atoms. The molecule has 0 aliphatic carbocycles. The van der Waals surface area contributed by atoms with Crippen molar-refractivity contribution >= 4 is 21.4 Å². The second-order valence-corrected chi connectivity index (χ2v) is 8.62. The molecular formula is C19H21NO4S2. The molecule has 5 nitrogen and oxygen atoms in total. The van der Waals surface area contributed by atoms with Crippen molar-refractivity contribution in [1.82, 2.24) is 4.31 Å². The van der Waals surface area contributed by atoms with E-state index in [1.807, 2.05) is 24.4 Å². The lowest BCUT2D eigenvalue weighted by atomic mass is 10.3. The third kappa shape index (κ3) is 4.55. The van der Waals surface area contributed by atoms with E-state index in [1.165, 1.54) is 4.31 Å². The summed E-state index contributed by atoms with van der Waals surface area (Å²) in [5.74, 6) is 1.27. The molecule has 0 spiro atoms. The molecule has 0 N–H and O–H groups in total. The van der Waals surface area contributed by atoms with E-state index < -0.39 is 10.0 Å². The number of hydrogen-bond acceptors (Lipinski definition) is 5. The Balaban J connectivity index is 1.82. The number of ether oxygens (including phenoxy) is 1. The van der Waals surface area contributed by atoms with Gasteiger partial charge in [0.25, 0.3) is 0 Å². The first-order chi connectivity index (χ1) is 12.6. The third-order valence-electron chi connectivity index (χ3n) is 3.87. The molecule has 138 valence electrons. The molecular weight excluding hydrogens is 370 g/mol. The lowest BCUT2D eigenvalue weighted by Gasteiger charge is -2.21. The predicted molar refractivity (Wildman–Crippen MR) is 102 cm³/mol. The summed E-state index contributed by atoms with van der Waals surface area (Å²) in [4.78, 5) is 1.40. The maximum Gasteiger partial charge on any atom is 0.243 e. The van der Waals surface area contributed by atoms with Gasteiger partial charge in [-0.05, 0) is 61.2 Å². The summed E-state index contributed by atoms with van der Waals surface area (Å²) in [6.45, 7) is 3.02. The molecule has 2 aromatic heterocycles. The van der Waals surface area contributed by atoms with Gasteiger partial charge in [0.15, 0.2) is 0 Å². The van der Waals surface area contributed by atoms with Gasteiger partial charge in [-0.25, -0.2) is 8.42 Å². The normalized spacial score (nSPS) is 11.8. The first kappa shape index (κ1) is 18.7. The largest absolute Gasteiger partial charge is 0.494 e. The summed E-state index contributed by atoms with van der Waals surface area (Å²) in [6.07, 6.45) is 2.21. The molecule has 0 fully saturated rings. The maximum atomic E-state index is 13.1. The van der Waals surface area contributed by atoms with Crippen LogP contribution in [-0.2, 0) is 23.0 Å². The Morgan fingerprint density at radius 2 is 1.92 bits per heavy atom. The number of rotatable bonds is 9. The van der Waals surface area contributed by atoms with Gasteiger partial charge in [-0.2, -0.15) is 4.31 Å². The Morgan fingerprint density at radius 3 is 2.54 bits per heavy atom. The van der Waals surface area contributed by atoms with Gasteiger partial charge in [0.05, 0.1) is 24.3 Å². The lowest BCUT2D eigenvalue weighted by molar-refractivity contribution is 0.340. The van der Waals surface area contributed by atoms with E-state index in [1.54, 1.807) is 54.0 Å². The maximum absolute atomic E-state index is 13.1. The molecule has 2 heterocycles. The molecule has 0 saturated carbocycles. The summed E-state index contributed by atoms with van der Waals surface area (Å²) in [5.41, 5.74) is 0. The fourth-order valence-electron chi connectivity index (χ4n) is 2.57. The van der Waals surface area contributed by atoms with Gasteiger partial charge in [-0.15, -0.1) is 11.3 Å². The quantitative estimate of drug-likeness (QED) is 0.549. The monoisotopic (exact) mass is 391 g/mol. The van der Waals surface area contributed by atoms with E-state index in [0.29, 0.717) is 31.1 Å². The van der Waals surface area contributed by atoms with Crippen molar-refractivity contribution in [3.05, 3.63) is 70.8 Å². The second kappa shape index (κ2) is 8.53. The van der Waals surface area contributed by atoms with Crippen LogP contribution >= 0.6 is 11.3 Å². The number of benzene rings is 1. The fraction of sp³-hybridized carbons (Fsp3) is 0.263. The zero-order chi connectivity index (χ0) is 18.4. The zero-order valence-corrected chi connectivity index (χ0v) is 16.1. The average Bonchev–Trinajstić information content (AvgIpc) is 3.33. The third-order valence-corrected chi connectivity index (χ3v) is 6.67. The molecule has 3 rings (SSSR count). The molecule has 0 amide bonds. The van der Waals surface area contributed by atoms with E-state index in [2.05, 4.69) is 0 Å². The standard InChI is InChI=1S/C19H21NO4S2/c1-2-23-16-7-9-19(10-8-16)26(21,22)20(15-17-5-3-13-24-17)12-11-18-6-4-14-25-18/h3-10,13-14H,2,11-12,15H2,1H3. The Hall–Kier alpha value is -2.09. The van der Waals surface area contributed by atoms with Crippen molar-refractivity contribution in [1.29, 1.82) is 0 Å². The van der Waals surface area contributed by atoms with Crippen molar-refractivity contribution in [2.75, 3.05) is 13.2 Å². The van der Waals surface area contributed by atoms with Crippen LogP contribution in [0.4, 0.5) is 0 Å². The average molecular weight is 392 g/mol. The fourth-order valence-corrected chi connectivity index (χ4v) is 4.68. The van der Waals surface area contributed by atoms with Crippen LogP contribution in [0.25, 0.3) is 0 Å². The Morgan fingerprint density at radius 1 is 1.12 bits per heavy atom. The minimum absolute atomic E-state index is 0.202. The molecule has 7 heteroatoms. The molecule has 0 radical (unpaired) electrons. The highest BCUT2D eigenvalue weighted by Crippen LogP contribution is 2.22. The summed E-state index contributed by atoms with van der Waals surface area (Å²) in [5, 5.41) is 1.99. The number of hydrogen-bond donors (Lipinski definition) is 0. The number of nitrogens with zero attached hydrogens (tertiary/aromatic N) is 1. The summed E-state index contributed by atoms with van der Waals surface area (Å²) >= 11 is 1.63. The van der Waals surface area contributed by atoms with Crippen LogP contribution in [0.3, 0.4) is 0 Å². The second-order valence-electron chi connectivity index (χ2n) is 5.65. The highest BCUT2D eigenvalue weighted by atomic mass is 32.2. The van der Waals surface area contributed by atoms with E-state index >= 15 is 0 Å². The van der Waals surface area contributed by atoms with Crippen molar-refractivity contribution in [2.24, 2.45) is 0 Å². The Kier molecular flexibility index (Phi) is 6.13. The highest BCUT2D eigenvalue weighted by molar-refractivity contribution is 7.89. The van der Waals surface area contributed by atoms with Crippen LogP contribution in [0.15, 0.2) is 69.5 Å². The molecule has 1 aromatic carbocycles. The first-order valence-electron chi connectivity index (χ1n) is 8.37. The molecule has 0 aliphatic rings. The Bertz CT molecular complexity index is 886. The minimum Gasteiger partial charge on any atom is -0.494 e. The van der Waals surface area contributed by atoms with Gasteiger partial charge in [0.1, 0.15) is 11.5 Å². The van der Waals surface area contributed by atoms with Gasteiger partial charge in [0, 0.05) is 11.4 Å². The predicted octanol–water partition coefficient (Wildman–Crippen LogP) is 4.17. The van der Waals surface area contributed by atoms with E-state index in [-0.39, 0.29) is 11.4 Å². The van der Waals surface area contributed by atoms with Gasteiger partial charge in [-0.1, -0.05) is 6.07 Å². The summed E-state index contributed by atoms with van der Waals surface area (Å²) in [6, 6.07) is 14.1. The first-order valence-corrected chi connectivity index (χ1v) is 10.7. The van der Waals surface area contributed by atoms with Crippen LogP contribution in [0.1, 0.15) is 17.6 Å². The molecule has 3 aromatic rings. The molecule has 0 aliphatic heterocycles. The Labute approximate surface area is 157 Å². The highest BCUT2D eigenvalue weighted by Gasteiger charge is 2.25. The summed E-state index contributed by atoms with van der Waals surface area (Å²) < 4.78 is 38.5. The van der Waals surface area contributed by atoms with E-state index in [9.17, 15) is 8.42 Å². The smallest absolute Gasteiger partial charge is 0.243 e. The molecule has 26 heavy (non-hydrogen) atoms. The van der Waals surface area contributed by atoms with Crippen LogP contribution in [0.5, 0.6) is 5.75 Å². The number of furan rings is 1. The van der Waals surface area contributed by atoms with Crippen molar-refractivity contribution in [3.8, 4) is 5.75 Å². The number of sulfonamides is 1. The van der Waals surface area contributed by atoms with Gasteiger partial charge in [-0.3, -0.25) is 0 Å². The minimum atomic E-state index is -3.64. The molecule has 0 atom stereocenters. The number of thiophene rings is 1. The van der Waals surface area contributed by atoms with E-state index in [4.69, 9.17) is 9.15 Å². The SMILES string of the molecule is CCOc1ccc(S(=O)(=O)N(CCc2cccs2)Cc2ccco2)cc1. The van der Waals surface area contributed by atoms with Gasteiger partial charge < -0.3 is 9.15 Å². The van der Waals surface area contributed by atoms with Crippen molar-refractivity contribution in [2.45, 2.75) is 24.8 Å². The lowest BCUT2D eigenvalue weighted by Crippen LogP contribution is -2.32. The van der Waals surface area contributed by atoms with Crippen molar-refractivity contribution in [3.63, 3.8) is 0 Å². The van der Waals surface area contributed by atoms with Crippen LogP contribution in [0, 0.1) is 0 Å². The van der Waals surface area contributed by atoms with Crippen LogP contribution in [0.2, 0.25) is 0 Å². The summed E-state index contributed by atoms with van der Waals surface area (Å²) in [7, 11) is -3.64. The van der Waals surface area contributed by atoms with Crippen LogP contribution in [-0.4, -0.2) is 25.9 Å². The zero-order valence-electron chi connectivity index (χ0n) is 14.5. The van der Waals surface area contributed by atoms with Crippen LogP contribution < -0.4 is 4.74 Å². The van der Waals surface area contributed by atoms with E-state index in [0.717, 1.165) is 4.88 Å². The topological polar surface area (TPSA) is 59.8 Å². The molecule has 0 unspecified atom stereocenters. The van der Waals surface area contributed by atoms with Crippen molar-refractivity contribution < 1.29 is 17.6 Å².